The van der Waals surface area contributed by atoms with E-state index < -0.39 is 5.97 Å². The normalized spacial score (nSPS) is 13.5. The number of thiophene rings is 1. The highest BCUT2D eigenvalue weighted by Crippen LogP contribution is 2.38. The van der Waals surface area contributed by atoms with Gasteiger partial charge in [-0.2, -0.15) is 4.99 Å². The van der Waals surface area contributed by atoms with Crippen LogP contribution in [0.15, 0.2) is 23.2 Å². The summed E-state index contributed by atoms with van der Waals surface area (Å²) < 4.78 is 13.5. The Morgan fingerprint density at radius 2 is 1.94 bits per heavy atom. The number of carbonyl (C=O) groups is 3. The largest absolute Gasteiger partial charge is 0.494 e. The molecule has 2 aromatic heterocycles. The summed E-state index contributed by atoms with van der Waals surface area (Å²) in [5.41, 5.74) is 2.48. The van der Waals surface area contributed by atoms with Crippen LogP contribution in [0.1, 0.15) is 47.5 Å². The number of rotatable bonds is 9. The highest BCUT2D eigenvalue weighted by Gasteiger charge is 2.26. The highest BCUT2D eigenvalue weighted by molar-refractivity contribution is 8.00. The molecule has 11 heteroatoms. The lowest BCUT2D eigenvalue weighted by Gasteiger charge is -2.11. The summed E-state index contributed by atoms with van der Waals surface area (Å²) in [6.07, 6.45) is 3.83. The number of fused-ring (bicyclic) bond motifs is 2. The van der Waals surface area contributed by atoms with Crippen molar-refractivity contribution in [3.8, 4) is 5.75 Å². The Labute approximate surface area is 221 Å². The van der Waals surface area contributed by atoms with Gasteiger partial charge in [-0.3, -0.25) is 9.59 Å². The SMILES string of the molecule is CCOc1ccc2c(c1)sc(=NC(=O)CSCC(=O)Nc1sc3c(c1C(=O)OC)CCCC3)n2CC. The van der Waals surface area contributed by atoms with E-state index in [4.69, 9.17) is 9.47 Å². The van der Waals surface area contributed by atoms with Gasteiger partial charge in [0.1, 0.15) is 10.8 Å². The van der Waals surface area contributed by atoms with Crippen molar-refractivity contribution in [2.75, 3.05) is 30.5 Å². The van der Waals surface area contributed by atoms with Gasteiger partial charge in [-0.1, -0.05) is 11.3 Å². The van der Waals surface area contributed by atoms with Gasteiger partial charge in [0.15, 0.2) is 4.80 Å². The van der Waals surface area contributed by atoms with Gasteiger partial charge < -0.3 is 19.4 Å². The predicted octanol–water partition coefficient (Wildman–Crippen LogP) is 4.65. The first kappa shape index (κ1) is 26.4. The summed E-state index contributed by atoms with van der Waals surface area (Å²) in [4.78, 5) is 43.6. The van der Waals surface area contributed by atoms with Crippen LogP contribution in [-0.2, 0) is 33.7 Å². The van der Waals surface area contributed by atoms with Crippen LogP contribution in [0.4, 0.5) is 5.00 Å². The third kappa shape index (κ3) is 5.84. The second kappa shape index (κ2) is 12.1. The van der Waals surface area contributed by atoms with Gasteiger partial charge in [-0.05, 0) is 63.3 Å². The molecule has 2 heterocycles. The first-order chi connectivity index (χ1) is 17.4. The molecule has 1 aliphatic rings. The molecule has 1 aromatic carbocycles. The monoisotopic (exact) mass is 547 g/mol. The molecule has 4 rings (SSSR count). The Morgan fingerprint density at radius 1 is 1.14 bits per heavy atom. The molecule has 8 nitrogen and oxygen atoms in total. The van der Waals surface area contributed by atoms with Crippen LogP contribution in [0.25, 0.3) is 10.2 Å². The van der Waals surface area contributed by atoms with E-state index in [0.717, 1.165) is 52.1 Å². The van der Waals surface area contributed by atoms with Crippen LogP contribution in [-0.4, -0.2) is 47.6 Å². The molecule has 0 bridgehead atoms. The van der Waals surface area contributed by atoms with Crippen molar-refractivity contribution < 1.29 is 23.9 Å². The summed E-state index contributed by atoms with van der Waals surface area (Å²) in [5, 5.41) is 3.40. The fourth-order valence-electron chi connectivity index (χ4n) is 4.21. The Kier molecular flexibility index (Phi) is 8.86. The Balaban J connectivity index is 1.40. The van der Waals surface area contributed by atoms with E-state index in [2.05, 4.69) is 10.3 Å². The van der Waals surface area contributed by atoms with Gasteiger partial charge in [0.2, 0.25) is 5.91 Å². The number of ether oxygens (including phenoxy) is 2. The maximum Gasteiger partial charge on any atom is 0.341 e. The lowest BCUT2D eigenvalue weighted by atomic mass is 9.95. The zero-order valence-electron chi connectivity index (χ0n) is 20.5. The average Bonchev–Trinajstić information content (AvgIpc) is 3.40. The highest BCUT2D eigenvalue weighted by atomic mass is 32.2. The van der Waals surface area contributed by atoms with Crippen LogP contribution in [0.2, 0.25) is 0 Å². The van der Waals surface area contributed by atoms with Crippen LogP contribution >= 0.6 is 34.4 Å². The summed E-state index contributed by atoms with van der Waals surface area (Å²) in [6, 6.07) is 5.86. The van der Waals surface area contributed by atoms with Crippen LogP contribution < -0.4 is 14.9 Å². The predicted molar refractivity (Wildman–Crippen MR) is 145 cm³/mol. The first-order valence-electron chi connectivity index (χ1n) is 11.9. The second-order valence-electron chi connectivity index (χ2n) is 8.14. The molecule has 0 aliphatic heterocycles. The maximum absolute atomic E-state index is 12.6. The molecule has 0 spiro atoms. The van der Waals surface area contributed by atoms with Crippen molar-refractivity contribution in [3.05, 3.63) is 39.0 Å². The summed E-state index contributed by atoms with van der Waals surface area (Å²) in [7, 11) is 1.35. The molecule has 2 amide bonds. The Morgan fingerprint density at radius 3 is 2.69 bits per heavy atom. The number of nitrogens with one attached hydrogen (secondary N) is 1. The number of hydrogen-bond acceptors (Lipinski definition) is 8. The summed E-state index contributed by atoms with van der Waals surface area (Å²) >= 11 is 4.09. The van der Waals surface area contributed by atoms with Gasteiger partial charge in [0.05, 0.1) is 41.0 Å². The van der Waals surface area contributed by atoms with E-state index in [1.807, 2.05) is 36.6 Å². The molecule has 3 aromatic rings. The lowest BCUT2D eigenvalue weighted by Crippen LogP contribution is -2.18. The van der Waals surface area contributed by atoms with Crippen molar-refractivity contribution in [1.29, 1.82) is 0 Å². The average molecular weight is 548 g/mol. The Bertz CT molecular complexity index is 1350. The van der Waals surface area contributed by atoms with Crippen LogP contribution in [0.3, 0.4) is 0 Å². The molecule has 0 radical (unpaired) electrons. The van der Waals surface area contributed by atoms with Crippen LogP contribution in [0.5, 0.6) is 5.75 Å². The molecular formula is C25H29N3O5S3. The molecule has 36 heavy (non-hydrogen) atoms. The van der Waals surface area contributed by atoms with Gasteiger partial charge in [-0.25, -0.2) is 4.79 Å². The van der Waals surface area contributed by atoms with Crippen molar-refractivity contribution in [3.63, 3.8) is 0 Å². The van der Waals surface area contributed by atoms with Gasteiger partial charge >= 0.3 is 5.97 Å². The van der Waals surface area contributed by atoms with Gasteiger partial charge in [-0.15, -0.1) is 23.1 Å². The molecule has 192 valence electrons. The first-order valence-corrected chi connectivity index (χ1v) is 14.7. The molecule has 0 fully saturated rings. The van der Waals surface area contributed by atoms with Crippen molar-refractivity contribution in [2.45, 2.75) is 46.1 Å². The molecule has 0 unspecified atom stereocenters. The van der Waals surface area contributed by atoms with E-state index >= 15 is 0 Å². The van der Waals surface area contributed by atoms with Crippen molar-refractivity contribution in [1.82, 2.24) is 4.57 Å². The third-order valence-electron chi connectivity index (χ3n) is 5.77. The Hall–Kier alpha value is -2.63. The minimum Gasteiger partial charge on any atom is -0.494 e. The molecule has 1 N–H and O–H groups in total. The number of esters is 1. The van der Waals surface area contributed by atoms with Gasteiger partial charge in [0.25, 0.3) is 5.91 Å². The number of hydrogen-bond donors (Lipinski definition) is 1. The van der Waals surface area contributed by atoms with E-state index in [9.17, 15) is 14.4 Å². The number of thioether (sulfide) groups is 1. The minimum atomic E-state index is -0.424. The standard InChI is InChI=1S/C25H29N3O5S3/c1-4-28-17-11-10-15(33-5-2)12-19(17)36-25(28)27-21(30)14-34-13-20(29)26-23-22(24(31)32-3)16-8-6-7-9-18(16)35-23/h10-12H,4-9,13-14H2,1-3H3,(H,26,29). The zero-order valence-corrected chi connectivity index (χ0v) is 23.0. The number of methoxy groups -OCH3 is 1. The topological polar surface area (TPSA) is 99.0 Å². The third-order valence-corrected chi connectivity index (χ3v) is 8.94. The van der Waals surface area contributed by atoms with Crippen LogP contribution in [0, 0.1) is 0 Å². The number of nitrogens with zero attached hydrogens (tertiary/aromatic N) is 2. The number of aromatic nitrogens is 1. The number of anilines is 1. The summed E-state index contributed by atoms with van der Waals surface area (Å²) in [6.45, 7) is 5.22. The van der Waals surface area contributed by atoms with E-state index in [1.54, 1.807) is 0 Å². The number of thiazole rings is 1. The van der Waals surface area contributed by atoms with Crippen molar-refractivity contribution in [2.24, 2.45) is 4.99 Å². The van der Waals surface area contributed by atoms with E-state index in [0.29, 0.717) is 28.5 Å². The molecule has 1 aliphatic carbocycles. The molecule has 0 saturated heterocycles. The molecule has 0 saturated carbocycles. The fourth-order valence-corrected chi connectivity index (χ4v) is 7.24. The second-order valence-corrected chi connectivity index (χ2v) is 11.2. The summed E-state index contributed by atoms with van der Waals surface area (Å²) in [5.74, 6) is -0.0231. The molecule has 0 atom stereocenters. The van der Waals surface area contributed by atoms with E-state index in [1.165, 1.54) is 41.5 Å². The quantitative estimate of drug-likeness (QED) is 0.392. The molecular weight excluding hydrogens is 518 g/mol. The van der Waals surface area contributed by atoms with E-state index in [-0.39, 0.29) is 23.3 Å². The smallest absolute Gasteiger partial charge is 0.341 e. The fraction of sp³-hybridized carbons (Fsp3) is 0.440. The lowest BCUT2D eigenvalue weighted by molar-refractivity contribution is -0.115. The maximum atomic E-state index is 12.6. The zero-order chi connectivity index (χ0) is 25.7. The number of aryl methyl sites for hydroxylation is 2. The van der Waals surface area contributed by atoms with Crippen molar-refractivity contribution >= 4 is 67.4 Å². The minimum absolute atomic E-state index is 0.0837. The number of benzene rings is 1. The van der Waals surface area contributed by atoms with Gasteiger partial charge in [0, 0.05) is 11.4 Å². The number of amides is 2. The number of carbonyl (C=O) groups excluding carboxylic acids is 3.